The van der Waals surface area contributed by atoms with Crippen molar-refractivity contribution in [3.8, 4) is 5.75 Å². The molecule has 0 fully saturated rings. The van der Waals surface area contributed by atoms with E-state index in [1.165, 1.54) is 12.1 Å². The number of carbonyl (C=O) groups is 1. The molecule has 0 heterocycles. The summed E-state index contributed by atoms with van der Waals surface area (Å²) in [6, 6.07) is 3.99. The Morgan fingerprint density at radius 3 is 2.65 bits per heavy atom. The maximum atomic E-state index is 12.3. The van der Waals surface area contributed by atoms with Crippen LogP contribution in [0.15, 0.2) is 22.7 Å². The molecule has 0 aromatic heterocycles. The predicted octanol–water partition coefficient (Wildman–Crippen LogP) is 4.70. The van der Waals surface area contributed by atoms with E-state index in [9.17, 15) is 18.0 Å². The Balaban J connectivity index is 2.76. The lowest BCUT2D eigenvalue weighted by Gasteiger charge is -2.14. The molecule has 0 saturated heterocycles. The number of amides is 1. The van der Waals surface area contributed by atoms with Crippen molar-refractivity contribution in [3.05, 3.63) is 22.7 Å². The van der Waals surface area contributed by atoms with Crippen molar-refractivity contribution in [3.63, 3.8) is 0 Å². The smallest absolute Gasteiger partial charge is 0.404 e. The summed E-state index contributed by atoms with van der Waals surface area (Å²) in [6.07, 6.45) is -3.39. The summed E-state index contributed by atoms with van der Waals surface area (Å²) in [5, 5.41) is 2.39. The fraction of sp³-hybridized carbons (Fsp3) is 0.417. The van der Waals surface area contributed by atoms with Crippen LogP contribution in [0.4, 0.5) is 18.9 Å². The van der Waals surface area contributed by atoms with Crippen molar-refractivity contribution < 1.29 is 22.7 Å². The number of benzene rings is 1. The molecular formula is C12H12BrClF3NO2. The Labute approximate surface area is 127 Å². The highest BCUT2D eigenvalue weighted by Gasteiger charge is 2.32. The molecule has 1 rings (SSSR count). The first-order chi connectivity index (χ1) is 9.31. The van der Waals surface area contributed by atoms with E-state index in [-0.39, 0.29) is 18.0 Å². The van der Waals surface area contributed by atoms with Gasteiger partial charge in [0.15, 0.2) is 5.75 Å². The van der Waals surface area contributed by atoms with Crippen LogP contribution in [0.3, 0.4) is 0 Å². The summed E-state index contributed by atoms with van der Waals surface area (Å²) in [6.45, 7) is 0. The Hall–Kier alpha value is -0.950. The van der Waals surface area contributed by atoms with E-state index in [1.54, 1.807) is 0 Å². The summed E-state index contributed by atoms with van der Waals surface area (Å²) in [5.41, 5.74) is -0.0265. The molecule has 0 atom stereocenters. The molecule has 0 saturated carbocycles. The van der Waals surface area contributed by atoms with E-state index >= 15 is 0 Å². The molecule has 8 heteroatoms. The largest absolute Gasteiger partial charge is 0.573 e. The summed E-state index contributed by atoms with van der Waals surface area (Å²) in [7, 11) is 0. The normalized spacial score (nSPS) is 11.2. The molecule has 1 amide bonds. The second kappa shape index (κ2) is 7.73. The van der Waals surface area contributed by atoms with Gasteiger partial charge in [-0.05, 0) is 31.0 Å². The highest BCUT2D eigenvalue weighted by Crippen LogP contribution is 2.33. The molecule has 1 aromatic rings. The predicted molar refractivity (Wildman–Crippen MR) is 74.0 cm³/mol. The second-order valence-corrected chi connectivity index (χ2v) is 5.18. The minimum atomic E-state index is -4.82. The molecule has 0 radical (unpaired) electrons. The SMILES string of the molecule is O=C(CCCCCl)Nc1ccc(Br)cc1OC(F)(F)F. The lowest BCUT2D eigenvalue weighted by atomic mass is 10.2. The molecule has 0 bridgehead atoms. The first-order valence-corrected chi connectivity index (χ1v) is 7.05. The maximum Gasteiger partial charge on any atom is 0.573 e. The van der Waals surface area contributed by atoms with Crippen LogP contribution in [-0.2, 0) is 4.79 Å². The Bertz CT molecular complexity index is 469. The number of nitrogens with one attached hydrogen (secondary N) is 1. The van der Waals surface area contributed by atoms with Crippen LogP contribution in [0.2, 0.25) is 0 Å². The number of anilines is 1. The third-order valence-electron chi connectivity index (χ3n) is 2.23. The second-order valence-electron chi connectivity index (χ2n) is 3.88. The highest BCUT2D eigenvalue weighted by molar-refractivity contribution is 9.10. The van der Waals surface area contributed by atoms with Gasteiger partial charge in [-0.1, -0.05) is 15.9 Å². The zero-order valence-corrected chi connectivity index (χ0v) is 12.6. The molecule has 112 valence electrons. The average Bonchev–Trinajstić information content (AvgIpc) is 2.31. The first-order valence-electron chi connectivity index (χ1n) is 5.73. The van der Waals surface area contributed by atoms with E-state index in [1.807, 2.05) is 0 Å². The fourth-order valence-corrected chi connectivity index (χ4v) is 1.93. The Morgan fingerprint density at radius 1 is 1.35 bits per heavy atom. The van der Waals surface area contributed by atoms with Crippen LogP contribution in [0.5, 0.6) is 5.75 Å². The van der Waals surface area contributed by atoms with Gasteiger partial charge in [-0.2, -0.15) is 0 Å². The zero-order valence-electron chi connectivity index (χ0n) is 10.3. The van der Waals surface area contributed by atoms with Crippen molar-refractivity contribution in [1.29, 1.82) is 0 Å². The van der Waals surface area contributed by atoms with Crippen molar-refractivity contribution in [1.82, 2.24) is 0 Å². The van der Waals surface area contributed by atoms with Gasteiger partial charge < -0.3 is 10.1 Å². The van der Waals surface area contributed by atoms with E-state index in [0.717, 1.165) is 6.07 Å². The maximum absolute atomic E-state index is 12.3. The fourth-order valence-electron chi connectivity index (χ4n) is 1.40. The van der Waals surface area contributed by atoms with Crippen LogP contribution in [0.1, 0.15) is 19.3 Å². The molecule has 20 heavy (non-hydrogen) atoms. The van der Waals surface area contributed by atoms with Gasteiger partial charge in [0.2, 0.25) is 5.91 Å². The molecule has 1 N–H and O–H groups in total. The van der Waals surface area contributed by atoms with Gasteiger partial charge >= 0.3 is 6.36 Å². The van der Waals surface area contributed by atoms with Gasteiger partial charge in [0.1, 0.15) is 0 Å². The van der Waals surface area contributed by atoms with Crippen LogP contribution in [0.25, 0.3) is 0 Å². The number of rotatable bonds is 6. The number of halogens is 5. The topological polar surface area (TPSA) is 38.3 Å². The lowest BCUT2D eigenvalue weighted by molar-refractivity contribution is -0.274. The van der Waals surface area contributed by atoms with Crippen molar-refractivity contribution in [2.75, 3.05) is 11.2 Å². The van der Waals surface area contributed by atoms with E-state index in [0.29, 0.717) is 23.2 Å². The van der Waals surface area contributed by atoms with Gasteiger partial charge in [-0.25, -0.2) is 0 Å². The Kier molecular flexibility index (Phi) is 6.61. The van der Waals surface area contributed by atoms with Crippen molar-refractivity contribution in [2.45, 2.75) is 25.6 Å². The van der Waals surface area contributed by atoms with Crippen LogP contribution in [0, 0.1) is 0 Å². The highest BCUT2D eigenvalue weighted by atomic mass is 79.9. The van der Waals surface area contributed by atoms with E-state index in [2.05, 4.69) is 26.0 Å². The number of unbranched alkanes of at least 4 members (excludes halogenated alkanes) is 1. The molecule has 0 aliphatic heterocycles. The average molecular weight is 375 g/mol. The molecule has 0 aliphatic carbocycles. The van der Waals surface area contributed by atoms with Crippen molar-refractivity contribution >= 4 is 39.1 Å². The van der Waals surface area contributed by atoms with Crippen LogP contribution in [-0.4, -0.2) is 18.1 Å². The molecule has 0 unspecified atom stereocenters. The van der Waals surface area contributed by atoms with E-state index < -0.39 is 12.1 Å². The quantitative estimate of drug-likeness (QED) is 0.579. The summed E-state index contributed by atoms with van der Waals surface area (Å²) in [4.78, 5) is 11.6. The Morgan fingerprint density at radius 2 is 2.05 bits per heavy atom. The number of ether oxygens (including phenoxy) is 1. The van der Waals surface area contributed by atoms with Gasteiger partial charge in [0.05, 0.1) is 5.69 Å². The number of alkyl halides is 4. The number of hydrogen-bond donors (Lipinski definition) is 1. The zero-order chi connectivity index (χ0) is 15.2. The standard InChI is InChI=1S/C12H12BrClF3NO2/c13-8-4-5-9(10(7-8)20-12(15,16)17)18-11(19)3-1-2-6-14/h4-5,7H,1-3,6H2,(H,18,19). The molecule has 1 aromatic carbocycles. The molecular weight excluding hydrogens is 362 g/mol. The van der Waals surface area contributed by atoms with Crippen LogP contribution >= 0.6 is 27.5 Å². The molecule has 0 spiro atoms. The van der Waals surface area contributed by atoms with Gasteiger partial charge in [-0.15, -0.1) is 24.8 Å². The summed E-state index contributed by atoms with van der Waals surface area (Å²) >= 11 is 8.53. The third-order valence-corrected chi connectivity index (χ3v) is 2.99. The van der Waals surface area contributed by atoms with Crippen LogP contribution < -0.4 is 10.1 Å². The lowest BCUT2D eigenvalue weighted by Crippen LogP contribution is -2.19. The first kappa shape index (κ1) is 17.1. The number of carbonyl (C=O) groups excluding carboxylic acids is 1. The molecule has 3 nitrogen and oxygen atoms in total. The minimum absolute atomic E-state index is 0.0265. The minimum Gasteiger partial charge on any atom is -0.404 e. The summed E-state index contributed by atoms with van der Waals surface area (Å²) < 4.78 is 41.1. The monoisotopic (exact) mass is 373 g/mol. The number of hydrogen-bond acceptors (Lipinski definition) is 2. The van der Waals surface area contributed by atoms with Crippen molar-refractivity contribution in [2.24, 2.45) is 0 Å². The van der Waals surface area contributed by atoms with Gasteiger partial charge in [0, 0.05) is 16.8 Å². The molecule has 0 aliphatic rings. The van der Waals surface area contributed by atoms with Gasteiger partial charge in [0.25, 0.3) is 0 Å². The van der Waals surface area contributed by atoms with E-state index in [4.69, 9.17) is 11.6 Å². The van der Waals surface area contributed by atoms with Gasteiger partial charge in [-0.3, -0.25) is 4.79 Å². The summed E-state index contributed by atoms with van der Waals surface area (Å²) in [5.74, 6) is -0.407. The third kappa shape index (κ3) is 6.47.